The Balaban J connectivity index is 1.78. The number of nitrogens with one attached hydrogen (secondary N) is 2. The molecule has 2 aliphatic heterocycles. The van der Waals surface area contributed by atoms with E-state index in [0.717, 1.165) is 25.1 Å². The van der Waals surface area contributed by atoms with E-state index in [9.17, 15) is 13.2 Å². The molecule has 2 aliphatic rings. The van der Waals surface area contributed by atoms with E-state index in [4.69, 9.17) is 0 Å². The van der Waals surface area contributed by atoms with Crippen molar-refractivity contribution in [2.24, 2.45) is 0 Å². The summed E-state index contributed by atoms with van der Waals surface area (Å²) in [7, 11) is -3.22. The van der Waals surface area contributed by atoms with Crippen LogP contribution in [0.3, 0.4) is 0 Å². The van der Waals surface area contributed by atoms with Gasteiger partial charge in [-0.2, -0.15) is 0 Å². The van der Waals surface area contributed by atoms with Gasteiger partial charge in [0.2, 0.25) is 15.9 Å². The minimum absolute atomic E-state index is 0.00155. The maximum Gasteiger partial charge on any atom is 0.231 e. The predicted octanol–water partition coefficient (Wildman–Crippen LogP) is 1.41. The van der Waals surface area contributed by atoms with Gasteiger partial charge in [-0.1, -0.05) is 42.0 Å². The van der Waals surface area contributed by atoms with E-state index >= 15 is 0 Å². The van der Waals surface area contributed by atoms with Crippen LogP contribution in [-0.2, 0) is 20.2 Å². The molecule has 1 amide bonds. The fraction of sp³-hybridized carbons (Fsp3) is 0.550. The van der Waals surface area contributed by atoms with Crippen LogP contribution in [0.15, 0.2) is 42.0 Å². The van der Waals surface area contributed by atoms with Crippen molar-refractivity contribution in [3.8, 4) is 0 Å². The van der Waals surface area contributed by atoms with Gasteiger partial charge >= 0.3 is 0 Å². The Kier molecular flexibility index (Phi) is 6.34. The molecule has 6 nitrogen and oxygen atoms in total. The molecule has 3 rings (SSSR count). The highest BCUT2D eigenvalue weighted by atomic mass is 32.2. The van der Waals surface area contributed by atoms with E-state index in [-0.39, 0.29) is 11.7 Å². The summed E-state index contributed by atoms with van der Waals surface area (Å²) in [5.41, 5.74) is 1.54. The molecule has 1 aromatic rings. The summed E-state index contributed by atoms with van der Waals surface area (Å²) in [5.74, 6) is 0.0985. The summed E-state index contributed by atoms with van der Waals surface area (Å²) < 4.78 is 26.0. The number of hydrogen-bond acceptors (Lipinski definition) is 4. The van der Waals surface area contributed by atoms with Crippen molar-refractivity contribution >= 4 is 15.9 Å². The molecule has 0 radical (unpaired) electrons. The Labute approximate surface area is 162 Å². The third-order valence-corrected chi connectivity index (χ3v) is 7.61. The maximum absolute atomic E-state index is 13.3. The number of amides is 1. The molecule has 27 heavy (non-hydrogen) atoms. The Morgan fingerprint density at radius 2 is 1.93 bits per heavy atom. The molecule has 1 aromatic carbocycles. The van der Waals surface area contributed by atoms with Gasteiger partial charge < -0.3 is 10.6 Å². The van der Waals surface area contributed by atoms with E-state index in [2.05, 4.69) is 16.7 Å². The Bertz CT molecular complexity index is 782. The highest BCUT2D eigenvalue weighted by Crippen LogP contribution is 2.36. The van der Waals surface area contributed by atoms with Gasteiger partial charge in [0.05, 0.1) is 11.2 Å². The van der Waals surface area contributed by atoms with Crippen LogP contribution >= 0.6 is 0 Å². The predicted molar refractivity (Wildman–Crippen MR) is 107 cm³/mol. The van der Waals surface area contributed by atoms with Gasteiger partial charge in [-0.15, -0.1) is 0 Å². The summed E-state index contributed by atoms with van der Waals surface area (Å²) in [6, 6.07) is 9.77. The lowest BCUT2D eigenvalue weighted by Crippen LogP contribution is -2.53. The SMILES string of the molecule is CCS(=O)(=O)N1CCC(C(=O)NCC2=CCNCC2)(c2ccccc2)CC1. The zero-order valence-corrected chi connectivity index (χ0v) is 16.7. The zero-order valence-electron chi connectivity index (χ0n) is 15.9. The molecular formula is C20H29N3O3S. The Morgan fingerprint density at radius 1 is 1.22 bits per heavy atom. The molecule has 2 N–H and O–H groups in total. The summed E-state index contributed by atoms with van der Waals surface area (Å²) >= 11 is 0. The normalized spacial score (nSPS) is 20.7. The van der Waals surface area contributed by atoms with Gasteiger partial charge in [-0.3, -0.25) is 4.79 Å². The minimum Gasteiger partial charge on any atom is -0.352 e. The largest absolute Gasteiger partial charge is 0.352 e. The van der Waals surface area contributed by atoms with E-state index in [1.54, 1.807) is 6.92 Å². The van der Waals surface area contributed by atoms with Crippen LogP contribution in [-0.4, -0.2) is 57.1 Å². The van der Waals surface area contributed by atoms with Gasteiger partial charge in [0.15, 0.2) is 0 Å². The molecule has 148 valence electrons. The second-order valence-corrected chi connectivity index (χ2v) is 9.50. The molecule has 2 heterocycles. The fourth-order valence-electron chi connectivity index (χ4n) is 3.93. The molecule has 0 spiro atoms. The third kappa shape index (κ3) is 4.42. The van der Waals surface area contributed by atoms with Crippen LogP contribution in [0.2, 0.25) is 0 Å². The Hall–Kier alpha value is -1.70. The molecule has 7 heteroatoms. The van der Waals surface area contributed by atoms with Crippen LogP contribution < -0.4 is 10.6 Å². The van der Waals surface area contributed by atoms with Crippen LogP contribution in [0.5, 0.6) is 0 Å². The smallest absolute Gasteiger partial charge is 0.231 e. The molecule has 0 unspecified atom stereocenters. The van der Waals surface area contributed by atoms with Crippen LogP contribution in [0, 0.1) is 0 Å². The third-order valence-electron chi connectivity index (χ3n) is 5.73. The van der Waals surface area contributed by atoms with E-state index in [0.29, 0.717) is 32.5 Å². The summed E-state index contributed by atoms with van der Waals surface area (Å²) in [4.78, 5) is 13.3. The summed E-state index contributed by atoms with van der Waals surface area (Å²) in [5, 5.41) is 6.40. The van der Waals surface area contributed by atoms with Crippen LogP contribution in [0.25, 0.3) is 0 Å². The molecule has 1 saturated heterocycles. The molecule has 1 fully saturated rings. The quantitative estimate of drug-likeness (QED) is 0.719. The maximum atomic E-state index is 13.3. The molecular weight excluding hydrogens is 362 g/mol. The van der Waals surface area contributed by atoms with E-state index in [1.807, 2.05) is 30.3 Å². The van der Waals surface area contributed by atoms with Crippen molar-refractivity contribution in [1.29, 1.82) is 0 Å². The first-order valence-electron chi connectivity index (χ1n) is 9.68. The lowest BCUT2D eigenvalue weighted by Gasteiger charge is -2.40. The van der Waals surface area contributed by atoms with Gasteiger partial charge in [0.1, 0.15) is 0 Å². The molecule has 0 atom stereocenters. The summed E-state index contributed by atoms with van der Waals surface area (Å²) in [6.45, 7) is 4.77. The topological polar surface area (TPSA) is 78.5 Å². The molecule has 0 bridgehead atoms. The van der Waals surface area contributed by atoms with E-state index in [1.165, 1.54) is 9.88 Å². The van der Waals surface area contributed by atoms with Gasteiger partial charge in [-0.25, -0.2) is 12.7 Å². The molecule has 0 aromatic heterocycles. The average Bonchev–Trinajstić information content (AvgIpc) is 2.73. The number of benzene rings is 1. The molecule has 0 aliphatic carbocycles. The summed E-state index contributed by atoms with van der Waals surface area (Å²) in [6.07, 6.45) is 4.09. The lowest BCUT2D eigenvalue weighted by atomic mass is 9.72. The number of rotatable bonds is 6. The van der Waals surface area contributed by atoms with Crippen LogP contribution in [0.4, 0.5) is 0 Å². The standard InChI is InChI=1S/C20H29N3O3S/c1-2-27(25,26)23-14-10-20(11-15-23,18-6-4-3-5-7-18)19(24)22-16-17-8-12-21-13-9-17/h3-8,21H,2,9-16H2,1H3,(H,22,24). The first kappa shape index (κ1) is 20.0. The Morgan fingerprint density at radius 3 is 2.52 bits per heavy atom. The van der Waals surface area contributed by atoms with Gasteiger partial charge in [0, 0.05) is 26.2 Å². The van der Waals surface area contributed by atoms with Crippen molar-refractivity contribution < 1.29 is 13.2 Å². The van der Waals surface area contributed by atoms with Crippen LogP contribution in [0.1, 0.15) is 31.7 Å². The number of carbonyl (C=O) groups excluding carboxylic acids is 1. The second kappa shape index (κ2) is 8.54. The second-order valence-electron chi connectivity index (χ2n) is 7.25. The van der Waals surface area contributed by atoms with Gasteiger partial charge in [0.25, 0.3) is 0 Å². The van der Waals surface area contributed by atoms with Gasteiger partial charge in [-0.05, 0) is 38.3 Å². The number of nitrogens with zero attached hydrogens (tertiary/aromatic N) is 1. The van der Waals surface area contributed by atoms with Crippen molar-refractivity contribution in [2.75, 3.05) is 38.5 Å². The number of hydrogen-bond donors (Lipinski definition) is 2. The lowest BCUT2D eigenvalue weighted by molar-refractivity contribution is -0.128. The number of carbonyl (C=O) groups is 1. The highest BCUT2D eigenvalue weighted by Gasteiger charge is 2.44. The zero-order chi connectivity index (χ0) is 19.3. The first-order valence-corrected chi connectivity index (χ1v) is 11.3. The van der Waals surface area contributed by atoms with Crippen molar-refractivity contribution in [1.82, 2.24) is 14.9 Å². The van der Waals surface area contributed by atoms with E-state index < -0.39 is 15.4 Å². The number of sulfonamides is 1. The first-order chi connectivity index (χ1) is 13.0. The monoisotopic (exact) mass is 391 g/mol. The minimum atomic E-state index is -3.22. The van der Waals surface area contributed by atoms with Crippen molar-refractivity contribution in [2.45, 2.75) is 31.6 Å². The van der Waals surface area contributed by atoms with Crippen molar-refractivity contribution in [3.05, 3.63) is 47.5 Å². The van der Waals surface area contributed by atoms with Crippen molar-refractivity contribution in [3.63, 3.8) is 0 Å². The fourth-order valence-corrected chi connectivity index (χ4v) is 5.03. The highest BCUT2D eigenvalue weighted by molar-refractivity contribution is 7.89. The average molecular weight is 392 g/mol. The molecule has 0 saturated carbocycles. The number of piperidine rings is 1.